The summed E-state index contributed by atoms with van der Waals surface area (Å²) in [4.78, 5) is 23.3. The molecule has 192 valence electrons. The van der Waals surface area contributed by atoms with Crippen molar-refractivity contribution >= 4 is 22.3 Å². The molecule has 3 aromatic rings. The number of ether oxygens (including phenoxy) is 1. The molecule has 0 amide bonds. The molecule has 2 aromatic heterocycles. The lowest BCUT2D eigenvalue weighted by atomic mass is 9.92. The lowest BCUT2D eigenvalue weighted by molar-refractivity contribution is -0.119. The number of hydrogen-bond donors (Lipinski definition) is 2. The zero-order valence-electron chi connectivity index (χ0n) is 20.3. The van der Waals surface area contributed by atoms with Crippen LogP contribution in [-0.4, -0.2) is 51.1 Å². The Morgan fingerprint density at radius 3 is 2.67 bits per heavy atom. The third kappa shape index (κ3) is 5.00. The lowest BCUT2D eigenvalue weighted by Crippen LogP contribution is -2.39. The first kappa shape index (κ1) is 24.8. The maximum Gasteiger partial charge on any atom is 0.351 e. The van der Waals surface area contributed by atoms with Gasteiger partial charge in [0.1, 0.15) is 5.82 Å². The second kappa shape index (κ2) is 10.2. The largest absolute Gasteiger partial charge is 0.370 e. The normalized spacial score (nSPS) is 23.4. The van der Waals surface area contributed by atoms with Gasteiger partial charge in [-0.15, -0.1) is 11.3 Å². The zero-order chi connectivity index (χ0) is 25.3. The van der Waals surface area contributed by atoms with Crippen LogP contribution in [0.5, 0.6) is 0 Å². The standard InChI is InChI=1S/C25H30F2N6O2S/c1-3-28-21-9-10-33(24(34)31-21)22-25(26,27)12-18(35-22)14-32-13-17-8-6-5-7-16(17)11-20(32)19-15-36-23(30-19)29-4-2/h5-10,15,18,20,22H,3-4,11-14H2,1-2H3,(H,29,30)(H,28,31,34)/t18-,20?,22+/m0/s1. The Hall–Kier alpha value is -2.89. The molecule has 0 bridgehead atoms. The van der Waals surface area contributed by atoms with Crippen molar-refractivity contribution in [1.82, 2.24) is 19.4 Å². The third-order valence-corrected chi connectivity index (χ3v) is 7.42. The molecule has 2 N–H and O–H groups in total. The first-order valence-electron chi connectivity index (χ1n) is 12.2. The van der Waals surface area contributed by atoms with Crippen LogP contribution in [-0.2, 0) is 17.7 Å². The molecular formula is C25H30F2N6O2S. The Morgan fingerprint density at radius 2 is 1.92 bits per heavy atom. The highest BCUT2D eigenvalue weighted by Crippen LogP contribution is 2.43. The van der Waals surface area contributed by atoms with Crippen molar-refractivity contribution in [2.75, 3.05) is 30.3 Å². The Kier molecular flexibility index (Phi) is 7.05. The van der Waals surface area contributed by atoms with E-state index >= 15 is 8.78 Å². The van der Waals surface area contributed by atoms with Crippen molar-refractivity contribution in [2.45, 2.75) is 57.5 Å². The number of nitrogens with zero attached hydrogens (tertiary/aromatic N) is 4. The number of hydrogen-bond acceptors (Lipinski definition) is 8. The molecule has 0 radical (unpaired) electrons. The maximum atomic E-state index is 15.1. The van der Waals surface area contributed by atoms with E-state index in [4.69, 9.17) is 9.72 Å². The van der Waals surface area contributed by atoms with E-state index < -0.39 is 30.4 Å². The molecule has 3 atom stereocenters. The van der Waals surface area contributed by atoms with Gasteiger partial charge in [-0.3, -0.25) is 9.47 Å². The van der Waals surface area contributed by atoms with Gasteiger partial charge in [-0.05, 0) is 37.5 Å². The van der Waals surface area contributed by atoms with Crippen molar-refractivity contribution in [1.29, 1.82) is 0 Å². The van der Waals surface area contributed by atoms with Crippen LogP contribution in [0.3, 0.4) is 0 Å². The number of anilines is 2. The summed E-state index contributed by atoms with van der Waals surface area (Å²) in [7, 11) is 0. The zero-order valence-corrected chi connectivity index (χ0v) is 21.1. The van der Waals surface area contributed by atoms with E-state index in [1.54, 1.807) is 11.3 Å². The highest BCUT2D eigenvalue weighted by molar-refractivity contribution is 7.13. The van der Waals surface area contributed by atoms with Crippen LogP contribution < -0.4 is 16.3 Å². The average molecular weight is 517 g/mol. The van der Waals surface area contributed by atoms with E-state index in [1.165, 1.54) is 23.4 Å². The monoisotopic (exact) mass is 516 g/mol. The summed E-state index contributed by atoms with van der Waals surface area (Å²) in [6.07, 6.45) is -0.832. The summed E-state index contributed by atoms with van der Waals surface area (Å²) in [6.45, 7) is 6.16. The fraction of sp³-hybridized carbons (Fsp3) is 0.480. The number of benzene rings is 1. The molecule has 0 saturated carbocycles. The summed E-state index contributed by atoms with van der Waals surface area (Å²) >= 11 is 1.55. The van der Waals surface area contributed by atoms with Gasteiger partial charge in [0, 0.05) is 44.2 Å². The quantitative estimate of drug-likeness (QED) is 0.462. The highest BCUT2D eigenvalue weighted by atomic mass is 32.1. The molecule has 4 heterocycles. The lowest BCUT2D eigenvalue weighted by Gasteiger charge is -2.37. The van der Waals surface area contributed by atoms with E-state index in [9.17, 15) is 4.79 Å². The van der Waals surface area contributed by atoms with Crippen LogP contribution >= 0.6 is 11.3 Å². The van der Waals surface area contributed by atoms with Gasteiger partial charge in [-0.2, -0.15) is 4.98 Å². The molecule has 2 aliphatic heterocycles. The molecule has 11 heteroatoms. The Labute approximate surface area is 212 Å². The maximum absolute atomic E-state index is 15.1. The van der Waals surface area contributed by atoms with Gasteiger partial charge >= 0.3 is 5.69 Å². The Balaban J connectivity index is 1.38. The van der Waals surface area contributed by atoms with Crippen molar-refractivity contribution in [3.8, 4) is 0 Å². The number of fused-ring (bicyclic) bond motifs is 1. The minimum absolute atomic E-state index is 0.0522. The minimum Gasteiger partial charge on any atom is -0.370 e. The Morgan fingerprint density at radius 1 is 1.14 bits per heavy atom. The van der Waals surface area contributed by atoms with Crippen molar-refractivity contribution in [3.63, 3.8) is 0 Å². The minimum atomic E-state index is -3.20. The molecule has 1 aromatic carbocycles. The van der Waals surface area contributed by atoms with E-state index in [0.29, 0.717) is 25.5 Å². The van der Waals surface area contributed by atoms with Crippen LogP contribution in [0.2, 0.25) is 0 Å². The average Bonchev–Trinajstić information content (AvgIpc) is 3.42. The van der Waals surface area contributed by atoms with E-state index in [0.717, 1.165) is 28.4 Å². The molecule has 1 unspecified atom stereocenters. The topological polar surface area (TPSA) is 84.3 Å². The van der Waals surface area contributed by atoms with Gasteiger partial charge in [-0.1, -0.05) is 24.3 Å². The highest BCUT2D eigenvalue weighted by Gasteiger charge is 2.52. The first-order valence-corrected chi connectivity index (χ1v) is 13.1. The second-order valence-corrected chi connectivity index (χ2v) is 9.99. The van der Waals surface area contributed by atoms with E-state index in [1.807, 2.05) is 31.4 Å². The number of halogens is 2. The predicted molar refractivity (Wildman–Crippen MR) is 136 cm³/mol. The van der Waals surface area contributed by atoms with Crippen LogP contribution in [0, 0.1) is 0 Å². The molecule has 8 nitrogen and oxygen atoms in total. The van der Waals surface area contributed by atoms with Gasteiger partial charge < -0.3 is 15.4 Å². The van der Waals surface area contributed by atoms with Gasteiger partial charge in [0.25, 0.3) is 5.92 Å². The van der Waals surface area contributed by atoms with Gasteiger partial charge in [0.15, 0.2) is 5.13 Å². The van der Waals surface area contributed by atoms with Crippen molar-refractivity contribution in [2.24, 2.45) is 0 Å². The third-order valence-electron chi connectivity index (χ3n) is 6.60. The molecule has 36 heavy (non-hydrogen) atoms. The van der Waals surface area contributed by atoms with E-state index in [-0.39, 0.29) is 6.04 Å². The fourth-order valence-electron chi connectivity index (χ4n) is 4.98. The van der Waals surface area contributed by atoms with Gasteiger partial charge in [0.2, 0.25) is 6.23 Å². The number of nitrogens with one attached hydrogen (secondary N) is 2. The number of thiazole rings is 1. The molecular weight excluding hydrogens is 486 g/mol. The SMILES string of the molecule is CCNc1ccn([C@@H]2O[C@H](CN3Cc4ccccc4CC3c3csc(NCC)n3)CC2(F)F)c(=O)n1. The van der Waals surface area contributed by atoms with Crippen LogP contribution in [0.25, 0.3) is 0 Å². The smallest absolute Gasteiger partial charge is 0.351 e. The molecule has 2 aliphatic rings. The summed E-state index contributed by atoms with van der Waals surface area (Å²) in [6, 6.07) is 9.67. The van der Waals surface area contributed by atoms with Crippen LogP contribution in [0.15, 0.2) is 46.7 Å². The van der Waals surface area contributed by atoms with Crippen LogP contribution in [0.1, 0.15) is 49.4 Å². The molecule has 1 fully saturated rings. The number of aromatic nitrogens is 3. The molecule has 0 aliphatic carbocycles. The van der Waals surface area contributed by atoms with Gasteiger partial charge in [0.05, 0.1) is 17.8 Å². The van der Waals surface area contributed by atoms with Crippen molar-refractivity contribution in [3.05, 3.63) is 69.2 Å². The second-order valence-electron chi connectivity index (χ2n) is 9.13. The number of rotatable bonds is 8. The summed E-state index contributed by atoms with van der Waals surface area (Å²) in [5, 5.41) is 9.05. The van der Waals surface area contributed by atoms with Gasteiger partial charge in [-0.25, -0.2) is 18.6 Å². The Bertz CT molecular complexity index is 1270. The number of alkyl halides is 2. The summed E-state index contributed by atoms with van der Waals surface area (Å²) < 4.78 is 37.0. The molecule has 5 rings (SSSR count). The molecule has 0 spiro atoms. The molecule has 1 saturated heterocycles. The summed E-state index contributed by atoms with van der Waals surface area (Å²) in [5.74, 6) is -2.84. The fourth-order valence-corrected chi connectivity index (χ4v) is 5.80. The van der Waals surface area contributed by atoms with E-state index in [2.05, 4.69) is 32.7 Å². The van der Waals surface area contributed by atoms with Crippen molar-refractivity contribution < 1.29 is 13.5 Å². The first-order chi connectivity index (χ1) is 17.4. The van der Waals surface area contributed by atoms with Crippen LogP contribution in [0.4, 0.5) is 19.7 Å². The predicted octanol–water partition coefficient (Wildman–Crippen LogP) is 4.29. The summed E-state index contributed by atoms with van der Waals surface area (Å²) in [5.41, 5.74) is 2.58.